The van der Waals surface area contributed by atoms with Crippen LogP contribution in [0.5, 0.6) is 5.75 Å². The molecule has 0 unspecified atom stereocenters. The van der Waals surface area contributed by atoms with E-state index in [0.29, 0.717) is 6.61 Å². The summed E-state index contributed by atoms with van der Waals surface area (Å²) >= 11 is 0. The molecule has 88 valence electrons. The number of methoxy groups -OCH3 is 1. The Labute approximate surface area is 97.3 Å². The average molecular weight is 221 g/mol. The van der Waals surface area contributed by atoms with Gasteiger partial charge in [-0.3, -0.25) is 0 Å². The van der Waals surface area contributed by atoms with Gasteiger partial charge in [-0.25, -0.2) is 0 Å². The molecule has 3 nitrogen and oxygen atoms in total. The summed E-state index contributed by atoms with van der Waals surface area (Å²) in [6, 6.07) is 7.85. The van der Waals surface area contributed by atoms with Gasteiger partial charge in [0.1, 0.15) is 5.75 Å². The van der Waals surface area contributed by atoms with Crippen LogP contribution in [0.2, 0.25) is 0 Å². The van der Waals surface area contributed by atoms with Gasteiger partial charge >= 0.3 is 0 Å². The molecule has 0 amide bonds. The second-order valence-corrected chi connectivity index (χ2v) is 3.75. The third kappa shape index (κ3) is 4.84. The monoisotopic (exact) mass is 221 g/mol. The predicted octanol–water partition coefficient (Wildman–Crippen LogP) is 2.24. The number of nitrogens with zero attached hydrogens (tertiary/aromatic N) is 1. The fourth-order valence-corrected chi connectivity index (χ4v) is 1.18. The lowest BCUT2D eigenvalue weighted by Crippen LogP contribution is -2.16. The molecule has 0 atom stereocenters. The van der Waals surface area contributed by atoms with Gasteiger partial charge in [-0.2, -0.15) is 0 Å². The van der Waals surface area contributed by atoms with Crippen LogP contribution in [0.1, 0.15) is 5.56 Å². The number of ether oxygens (including phenoxy) is 2. The third-order valence-electron chi connectivity index (χ3n) is 2.11. The Balaban J connectivity index is 2.37. The second-order valence-electron chi connectivity index (χ2n) is 3.75. The molecule has 3 heteroatoms. The molecule has 1 rings (SSSR count). The summed E-state index contributed by atoms with van der Waals surface area (Å²) in [4.78, 5) is 2.08. The van der Waals surface area contributed by atoms with Crippen molar-refractivity contribution in [2.24, 2.45) is 0 Å². The molecule has 16 heavy (non-hydrogen) atoms. The van der Waals surface area contributed by atoms with Gasteiger partial charge < -0.3 is 14.4 Å². The summed E-state index contributed by atoms with van der Waals surface area (Å²) in [7, 11) is 5.71. The molecule has 0 saturated carbocycles. The van der Waals surface area contributed by atoms with Crippen LogP contribution in [0, 0.1) is 0 Å². The lowest BCUT2D eigenvalue weighted by molar-refractivity contribution is 0.214. The summed E-state index contributed by atoms with van der Waals surface area (Å²) in [5.41, 5.74) is 1.07. The van der Waals surface area contributed by atoms with Crippen molar-refractivity contribution in [1.29, 1.82) is 0 Å². The molecular formula is C13H19NO2. The van der Waals surface area contributed by atoms with Gasteiger partial charge in [-0.15, -0.1) is 0 Å². The zero-order valence-electron chi connectivity index (χ0n) is 10.1. The van der Waals surface area contributed by atoms with Crippen LogP contribution in [0.3, 0.4) is 0 Å². The number of rotatable bonds is 6. The number of hydrogen-bond acceptors (Lipinski definition) is 3. The summed E-state index contributed by atoms with van der Waals surface area (Å²) in [6.45, 7) is 1.62. The number of hydrogen-bond donors (Lipinski definition) is 0. The minimum absolute atomic E-state index is 0.702. The molecule has 0 heterocycles. The highest BCUT2D eigenvalue weighted by atomic mass is 16.5. The fourth-order valence-electron chi connectivity index (χ4n) is 1.18. The first-order valence-electron chi connectivity index (χ1n) is 5.29. The molecule has 0 aromatic heterocycles. The molecular weight excluding hydrogens is 202 g/mol. The summed E-state index contributed by atoms with van der Waals surface area (Å²) in [6.07, 6.45) is 3.65. The van der Waals surface area contributed by atoms with Crippen LogP contribution in [-0.2, 0) is 4.74 Å². The van der Waals surface area contributed by atoms with Crippen LogP contribution >= 0.6 is 0 Å². The van der Waals surface area contributed by atoms with E-state index in [9.17, 15) is 0 Å². The topological polar surface area (TPSA) is 21.7 Å². The molecule has 0 saturated heterocycles. The van der Waals surface area contributed by atoms with Gasteiger partial charge in [0.15, 0.2) is 0 Å². The van der Waals surface area contributed by atoms with Crippen molar-refractivity contribution >= 4 is 6.08 Å². The van der Waals surface area contributed by atoms with Gasteiger partial charge in [-0.1, -0.05) is 12.1 Å². The first-order valence-corrected chi connectivity index (χ1v) is 5.29. The van der Waals surface area contributed by atoms with Gasteiger partial charge in [0, 0.05) is 6.54 Å². The van der Waals surface area contributed by atoms with E-state index >= 15 is 0 Å². The summed E-state index contributed by atoms with van der Waals surface area (Å²) in [5.74, 6) is 0.857. The molecule has 0 fully saturated rings. The van der Waals surface area contributed by atoms with E-state index in [1.807, 2.05) is 44.4 Å². The lowest BCUT2D eigenvalue weighted by Gasteiger charge is -2.07. The van der Waals surface area contributed by atoms with Gasteiger partial charge in [-0.05, 0) is 37.9 Å². The van der Waals surface area contributed by atoms with Crippen LogP contribution in [-0.4, -0.2) is 39.3 Å². The Morgan fingerprint density at radius 1 is 1.31 bits per heavy atom. The van der Waals surface area contributed by atoms with Crippen LogP contribution < -0.4 is 4.74 Å². The normalized spacial score (nSPS) is 11.0. The van der Waals surface area contributed by atoms with E-state index < -0.39 is 0 Å². The zero-order valence-corrected chi connectivity index (χ0v) is 10.1. The molecule has 0 bridgehead atoms. The Kier molecular flexibility index (Phi) is 5.43. The van der Waals surface area contributed by atoms with Crippen molar-refractivity contribution < 1.29 is 9.47 Å². The average Bonchev–Trinajstić information content (AvgIpc) is 2.28. The minimum Gasteiger partial charge on any atom is -0.500 e. The van der Waals surface area contributed by atoms with E-state index in [-0.39, 0.29) is 0 Å². The Morgan fingerprint density at radius 3 is 2.81 bits per heavy atom. The van der Waals surface area contributed by atoms with E-state index in [1.165, 1.54) is 0 Å². The first-order chi connectivity index (χ1) is 7.72. The van der Waals surface area contributed by atoms with E-state index in [1.54, 1.807) is 13.4 Å². The SMILES string of the molecule is COc1cccc(/C=C/OCCN(C)C)c1. The predicted molar refractivity (Wildman–Crippen MR) is 66.5 cm³/mol. The van der Waals surface area contributed by atoms with Gasteiger partial charge in [0.05, 0.1) is 20.0 Å². The Hall–Kier alpha value is -1.48. The molecule has 0 aliphatic carbocycles. The number of likely N-dealkylation sites (N-methyl/N-ethyl adjacent to an activating group) is 1. The Bertz CT molecular complexity index is 334. The molecule has 1 aromatic rings. The van der Waals surface area contributed by atoms with Crippen LogP contribution in [0.15, 0.2) is 30.5 Å². The zero-order chi connectivity index (χ0) is 11.8. The summed E-state index contributed by atoms with van der Waals surface area (Å²) < 4.78 is 10.5. The highest BCUT2D eigenvalue weighted by Crippen LogP contribution is 2.13. The molecule has 1 aromatic carbocycles. The molecule has 0 aliphatic heterocycles. The maximum Gasteiger partial charge on any atom is 0.119 e. The van der Waals surface area contributed by atoms with Crippen molar-refractivity contribution in [2.75, 3.05) is 34.4 Å². The van der Waals surface area contributed by atoms with Crippen molar-refractivity contribution in [2.45, 2.75) is 0 Å². The van der Waals surface area contributed by atoms with Crippen LogP contribution in [0.25, 0.3) is 6.08 Å². The highest BCUT2D eigenvalue weighted by Gasteiger charge is 1.91. The van der Waals surface area contributed by atoms with E-state index in [2.05, 4.69) is 4.90 Å². The van der Waals surface area contributed by atoms with Crippen LogP contribution in [0.4, 0.5) is 0 Å². The molecule has 0 radical (unpaired) electrons. The van der Waals surface area contributed by atoms with Crippen molar-refractivity contribution in [3.05, 3.63) is 36.1 Å². The van der Waals surface area contributed by atoms with Gasteiger partial charge in [0.25, 0.3) is 0 Å². The second kappa shape index (κ2) is 6.90. The third-order valence-corrected chi connectivity index (χ3v) is 2.11. The molecule has 0 spiro atoms. The van der Waals surface area contributed by atoms with Gasteiger partial charge in [0.2, 0.25) is 0 Å². The minimum atomic E-state index is 0.702. The lowest BCUT2D eigenvalue weighted by atomic mass is 10.2. The maximum absolute atomic E-state index is 5.36. The quantitative estimate of drug-likeness (QED) is 0.543. The fraction of sp³-hybridized carbons (Fsp3) is 0.385. The van der Waals surface area contributed by atoms with Crippen molar-refractivity contribution in [3.8, 4) is 5.75 Å². The molecule has 0 aliphatic rings. The highest BCUT2D eigenvalue weighted by molar-refractivity contribution is 5.50. The largest absolute Gasteiger partial charge is 0.500 e. The van der Waals surface area contributed by atoms with Crippen molar-refractivity contribution in [1.82, 2.24) is 4.90 Å². The summed E-state index contributed by atoms with van der Waals surface area (Å²) in [5, 5.41) is 0. The van der Waals surface area contributed by atoms with E-state index in [4.69, 9.17) is 9.47 Å². The maximum atomic E-state index is 5.36. The molecule has 0 N–H and O–H groups in total. The van der Waals surface area contributed by atoms with Crippen molar-refractivity contribution in [3.63, 3.8) is 0 Å². The standard InChI is InChI=1S/C13H19NO2/c1-14(2)8-10-16-9-7-12-5-4-6-13(11-12)15-3/h4-7,9,11H,8,10H2,1-3H3/b9-7+. The first kappa shape index (κ1) is 12.6. The smallest absolute Gasteiger partial charge is 0.119 e. The Morgan fingerprint density at radius 2 is 2.12 bits per heavy atom. The number of benzene rings is 1. The van der Waals surface area contributed by atoms with E-state index in [0.717, 1.165) is 17.9 Å².